The number of halogens is 4. The molecule has 0 unspecified atom stereocenters. The number of alkyl halides is 3. The highest BCUT2D eigenvalue weighted by Crippen LogP contribution is 2.44. The third-order valence-corrected chi connectivity index (χ3v) is 5.83. The molecule has 142 valence electrons. The minimum Gasteiger partial charge on any atom is -0.461 e. The number of aryl methyl sites for hydroxylation is 1. The lowest BCUT2D eigenvalue weighted by atomic mass is 9.99. The largest absolute Gasteiger partial charge is 0.461 e. The van der Waals surface area contributed by atoms with Gasteiger partial charge in [-0.2, -0.15) is 17.9 Å². The number of sulfonamides is 1. The molecular weight excluding hydrogens is 368 g/mol. The Hall–Kier alpha value is -1.62. The zero-order chi connectivity index (χ0) is 19.0. The number of carbonyl (C=O) groups excluding carboxylic acids is 1. The van der Waals surface area contributed by atoms with Gasteiger partial charge < -0.3 is 9.72 Å². The maximum atomic E-state index is 14.4. The van der Waals surface area contributed by atoms with E-state index in [0.717, 1.165) is 6.92 Å². The molecule has 2 N–H and O–H groups in total. The van der Waals surface area contributed by atoms with Gasteiger partial charge in [0.2, 0.25) is 10.0 Å². The second-order valence-electron chi connectivity index (χ2n) is 5.88. The first-order chi connectivity index (χ1) is 11.5. The number of esters is 1. The molecule has 0 aromatic carbocycles. The number of rotatable bonds is 5. The van der Waals surface area contributed by atoms with Crippen LogP contribution in [-0.4, -0.2) is 37.7 Å². The molecule has 25 heavy (non-hydrogen) atoms. The predicted molar refractivity (Wildman–Crippen MR) is 79.0 cm³/mol. The molecule has 0 aliphatic heterocycles. The van der Waals surface area contributed by atoms with Gasteiger partial charge in [-0.3, -0.25) is 0 Å². The molecule has 1 fully saturated rings. The molecule has 11 heteroatoms. The number of hydrogen-bond acceptors (Lipinski definition) is 4. The number of hydrogen-bond donors (Lipinski definition) is 2. The Morgan fingerprint density at radius 1 is 1.32 bits per heavy atom. The Kier molecular flexibility index (Phi) is 5.20. The summed E-state index contributed by atoms with van der Waals surface area (Å²) in [7, 11) is -4.86. The monoisotopic (exact) mass is 386 g/mol. The fourth-order valence-electron chi connectivity index (χ4n) is 2.97. The van der Waals surface area contributed by atoms with Crippen molar-refractivity contribution in [3.63, 3.8) is 0 Å². The summed E-state index contributed by atoms with van der Waals surface area (Å²) in [5, 5.41) is 0. The molecule has 6 nitrogen and oxygen atoms in total. The SMILES string of the molecule is CCOC(=O)c1[nH]c(C)c(S(=O)(=O)NC2(C(F)(F)F)CCCC2)c1F. The van der Waals surface area contributed by atoms with Crippen LogP contribution in [0.15, 0.2) is 4.90 Å². The minimum absolute atomic E-state index is 0.0755. The van der Waals surface area contributed by atoms with Crippen molar-refractivity contribution in [1.29, 1.82) is 0 Å². The van der Waals surface area contributed by atoms with Crippen LogP contribution in [0.3, 0.4) is 0 Å². The summed E-state index contributed by atoms with van der Waals surface area (Å²) < 4.78 is 85.7. The van der Waals surface area contributed by atoms with Crippen molar-refractivity contribution in [1.82, 2.24) is 9.71 Å². The second-order valence-corrected chi connectivity index (χ2v) is 7.50. The minimum atomic E-state index is -4.86. The lowest BCUT2D eigenvalue weighted by Crippen LogP contribution is -2.56. The van der Waals surface area contributed by atoms with E-state index in [1.54, 1.807) is 4.72 Å². The summed E-state index contributed by atoms with van der Waals surface area (Å²) in [6.45, 7) is 2.54. The van der Waals surface area contributed by atoms with Crippen molar-refractivity contribution in [2.24, 2.45) is 0 Å². The Morgan fingerprint density at radius 3 is 2.36 bits per heavy atom. The van der Waals surface area contributed by atoms with E-state index in [2.05, 4.69) is 9.72 Å². The first-order valence-electron chi connectivity index (χ1n) is 7.61. The fraction of sp³-hybridized carbons (Fsp3) is 0.643. The zero-order valence-corrected chi connectivity index (χ0v) is 14.4. The van der Waals surface area contributed by atoms with Crippen molar-refractivity contribution < 1.29 is 35.5 Å². The second kappa shape index (κ2) is 6.60. The van der Waals surface area contributed by atoms with E-state index < -0.39 is 57.0 Å². The standard InChI is InChI=1S/C14H18F4N2O4S/c1-3-24-12(21)10-9(15)11(8(2)19-10)25(22,23)20-13(14(16,17)18)6-4-5-7-13/h19-20H,3-7H2,1-2H3. The number of ether oxygens (including phenoxy) is 1. The third-order valence-electron chi connectivity index (χ3n) is 4.15. The average molecular weight is 386 g/mol. The number of aromatic amines is 1. The Labute approximate surface area is 142 Å². The quantitative estimate of drug-likeness (QED) is 0.602. The molecule has 1 aromatic rings. The molecule has 0 radical (unpaired) electrons. The molecule has 1 saturated carbocycles. The van der Waals surface area contributed by atoms with E-state index in [-0.39, 0.29) is 25.1 Å². The number of aromatic nitrogens is 1. The highest BCUT2D eigenvalue weighted by atomic mass is 32.2. The molecule has 0 atom stereocenters. The number of nitrogens with one attached hydrogen (secondary N) is 2. The van der Waals surface area contributed by atoms with Gasteiger partial charge >= 0.3 is 12.1 Å². The van der Waals surface area contributed by atoms with Gasteiger partial charge in [-0.05, 0) is 26.7 Å². The van der Waals surface area contributed by atoms with E-state index in [9.17, 15) is 30.8 Å². The van der Waals surface area contributed by atoms with Gasteiger partial charge in [0.15, 0.2) is 11.5 Å². The van der Waals surface area contributed by atoms with E-state index in [1.807, 2.05) is 0 Å². The first kappa shape index (κ1) is 19.7. The van der Waals surface area contributed by atoms with Gasteiger partial charge in [0.25, 0.3) is 0 Å². The molecule has 0 bridgehead atoms. The predicted octanol–water partition coefficient (Wildman–Crippen LogP) is 2.79. The van der Waals surface area contributed by atoms with Crippen LogP contribution in [0.4, 0.5) is 17.6 Å². The Bertz CT molecular complexity index is 765. The smallest absolute Gasteiger partial charge is 0.407 e. The van der Waals surface area contributed by atoms with Crippen LogP contribution < -0.4 is 4.72 Å². The molecule has 0 spiro atoms. The van der Waals surface area contributed by atoms with Crippen LogP contribution in [0.5, 0.6) is 0 Å². The highest BCUT2D eigenvalue weighted by molar-refractivity contribution is 7.89. The Morgan fingerprint density at radius 2 is 1.88 bits per heavy atom. The fourth-order valence-corrected chi connectivity index (χ4v) is 4.70. The first-order valence-corrected chi connectivity index (χ1v) is 9.09. The molecule has 0 saturated heterocycles. The normalized spacial score (nSPS) is 17.7. The summed E-state index contributed by atoms with van der Waals surface area (Å²) in [4.78, 5) is 12.9. The van der Waals surface area contributed by atoms with Crippen LogP contribution in [0.25, 0.3) is 0 Å². The molecule has 1 aliphatic rings. The van der Waals surface area contributed by atoms with Crippen molar-refractivity contribution in [2.45, 2.75) is 56.1 Å². The average Bonchev–Trinajstić information content (AvgIpc) is 3.03. The summed E-state index contributed by atoms with van der Waals surface area (Å²) in [5.74, 6) is -2.59. The lowest BCUT2D eigenvalue weighted by molar-refractivity contribution is -0.188. The van der Waals surface area contributed by atoms with Gasteiger partial charge in [0.1, 0.15) is 10.4 Å². The van der Waals surface area contributed by atoms with Crippen molar-refractivity contribution >= 4 is 16.0 Å². The summed E-state index contributed by atoms with van der Waals surface area (Å²) in [6.07, 6.45) is -5.27. The topological polar surface area (TPSA) is 88.3 Å². The molecule has 0 amide bonds. The van der Waals surface area contributed by atoms with Gasteiger partial charge in [-0.25, -0.2) is 17.6 Å². The summed E-state index contributed by atoms with van der Waals surface area (Å²) in [5.41, 5.74) is -3.66. The maximum Gasteiger partial charge on any atom is 0.407 e. The van der Waals surface area contributed by atoms with Crippen LogP contribution in [0.2, 0.25) is 0 Å². The zero-order valence-electron chi connectivity index (χ0n) is 13.6. The maximum absolute atomic E-state index is 14.4. The summed E-state index contributed by atoms with van der Waals surface area (Å²) in [6, 6.07) is 0. The van der Waals surface area contributed by atoms with E-state index >= 15 is 0 Å². The van der Waals surface area contributed by atoms with E-state index in [0.29, 0.717) is 0 Å². The van der Waals surface area contributed by atoms with Crippen molar-refractivity contribution in [2.75, 3.05) is 6.61 Å². The lowest BCUT2D eigenvalue weighted by Gasteiger charge is -2.32. The number of carbonyl (C=O) groups is 1. The molecule has 1 heterocycles. The summed E-state index contributed by atoms with van der Waals surface area (Å²) >= 11 is 0. The van der Waals surface area contributed by atoms with Gasteiger partial charge in [0.05, 0.1) is 6.61 Å². The molecular formula is C14H18F4N2O4S. The Balaban J connectivity index is 2.45. The van der Waals surface area contributed by atoms with E-state index in [4.69, 9.17) is 0 Å². The number of H-pyrrole nitrogens is 1. The van der Waals surface area contributed by atoms with Crippen LogP contribution >= 0.6 is 0 Å². The van der Waals surface area contributed by atoms with Crippen LogP contribution in [0, 0.1) is 12.7 Å². The molecule has 1 aromatic heterocycles. The van der Waals surface area contributed by atoms with Gasteiger partial charge in [0, 0.05) is 5.69 Å². The van der Waals surface area contributed by atoms with Crippen LogP contribution in [-0.2, 0) is 14.8 Å². The van der Waals surface area contributed by atoms with E-state index in [1.165, 1.54) is 6.92 Å². The van der Waals surface area contributed by atoms with Crippen molar-refractivity contribution in [3.8, 4) is 0 Å². The van der Waals surface area contributed by atoms with Gasteiger partial charge in [-0.1, -0.05) is 12.8 Å². The highest BCUT2D eigenvalue weighted by Gasteiger charge is 2.58. The molecule has 2 rings (SSSR count). The van der Waals surface area contributed by atoms with Crippen molar-refractivity contribution in [3.05, 3.63) is 17.2 Å². The third kappa shape index (κ3) is 3.52. The molecule has 1 aliphatic carbocycles. The van der Waals surface area contributed by atoms with Crippen LogP contribution in [0.1, 0.15) is 48.8 Å². The van der Waals surface area contributed by atoms with Gasteiger partial charge in [-0.15, -0.1) is 0 Å².